The molecular formula is C25H30FN9OS. The molecule has 4 heterocycles. The Kier molecular flexibility index (Phi) is 6.63. The van der Waals surface area contributed by atoms with Crippen LogP contribution in [0.25, 0.3) is 21.7 Å². The number of nitrogens with one attached hydrogen (secondary N) is 1. The first-order valence-corrected chi connectivity index (χ1v) is 13.1. The van der Waals surface area contributed by atoms with Gasteiger partial charge in [-0.3, -0.25) is 9.69 Å². The van der Waals surface area contributed by atoms with Gasteiger partial charge in [-0.2, -0.15) is 0 Å². The zero-order valence-electron chi connectivity index (χ0n) is 21.6. The third-order valence-corrected chi connectivity index (χ3v) is 7.49. The van der Waals surface area contributed by atoms with Gasteiger partial charge in [0.1, 0.15) is 17.3 Å². The highest BCUT2D eigenvalue weighted by atomic mass is 32.1. The Hall–Kier alpha value is -3.51. The quantitative estimate of drug-likeness (QED) is 0.414. The van der Waals surface area contributed by atoms with E-state index in [0.717, 1.165) is 36.0 Å². The molecule has 0 atom stereocenters. The summed E-state index contributed by atoms with van der Waals surface area (Å²) >= 11 is 1.47. The smallest absolute Gasteiger partial charge is 0.259 e. The number of pyridine rings is 1. The van der Waals surface area contributed by atoms with Crippen molar-refractivity contribution >= 4 is 38.4 Å². The van der Waals surface area contributed by atoms with E-state index in [0.29, 0.717) is 17.0 Å². The molecule has 1 aromatic carbocycles. The van der Waals surface area contributed by atoms with Crippen LogP contribution in [-0.2, 0) is 0 Å². The van der Waals surface area contributed by atoms with Gasteiger partial charge in [-0.1, -0.05) is 17.4 Å². The second-order valence-corrected chi connectivity index (χ2v) is 11.4. The summed E-state index contributed by atoms with van der Waals surface area (Å²) in [4.78, 5) is 26.8. The zero-order valence-corrected chi connectivity index (χ0v) is 22.4. The van der Waals surface area contributed by atoms with E-state index in [1.165, 1.54) is 17.4 Å². The van der Waals surface area contributed by atoms with E-state index in [-0.39, 0.29) is 23.0 Å². The molecule has 3 aromatic heterocycles. The van der Waals surface area contributed by atoms with Crippen molar-refractivity contribution in [2.75, 3.05) is 36.4 Å². The molecule has 0 radical (unpaired) electrons. The van der Waals surface area contributed by atoms with Crippen molar-refractivity contribution < 1.29 is 9.18 Å². The van der Waals surface area contributed by atoms with Crippen LogP contribution < -0.4 is 10.2 Å². The molecule has 0 aliphatic carbocycles. The molecule has 1 aliphatic heterocycles. The van der Waals surface area contributed by atoms with Gasteiger partial charge in [-0.25, -0.2) is 19.0 Å². The van der Waals surface area contributed by atoms with Crippen molar-refractivity contribution in [3.05, 3.63) is 41.7 Å². The maximum atomic E-state index is 15.0. The van der Waals surface area contributed by atoms with E-state index in [9.17, 15) is 9.18 Å². The lowest BCUT2D eigenvalue weighted by Gasteiger charge is -2.42. The number of anilines is 2. The van der Waals surface area contributed by atoms with Crippen LogP contribution in [0.15, 0.2) is 30.3 Å². The van der Waals surface area contributed by atoms with Gasteiger partial charge in [0.25, 0.3) is 5.91 Å². The number of fused-ring (bicyclic) bond motifs is 1. The second-order valence-electron chi connectivity index (χ2n) is 10.3. The number of benzene rings is 1. The Morgan fingerprint density at radius 2 is 1.86 bits per heavy atom. The Labute approximate surface area is 218 Å². The molecular weight excluding hydrogens is 493 g/mol. The lowest BCUT2D eigenvalue weighted by Crippen LogP contribution is -2.53. The highest BCUT2D eigenvalue weighted by Crippen LogP contribution is 2.32. The summed E-state index contributed by atoms with van der Waals surface area (Å²) in [6.45, 7) is 14.2. The SMILES string of the molecule is CC(C)n1nnnc1-c1cccc(NC(=O)c2cc3sc(N4CCN(C(C)(C)C)CC4)nc3cc2F)n1. The van der Waals surface area contributed by atoms with Gasteiger partial charge in [-0.05, 0) is 63.2 Å². The van der Waals surface area contributed by atoms with Crippen molar-refractivity contribution in [1.82, 2.24) is 35.1 Å². The molecule has 1 aliphatic rings. The first-order valence-electron chi connectivity index (χ1n) is 12.3. The molecule has 4 aromatic rings. The average Bonchev–Trinajstić information content (AvgIpc) is 3.50. The number of hydrogen-bond donors (Lipinski definition) is 1. The van der Waals surface area contributed by atoms with E-state index >= 15 is 0 Å². The summed E-state index contributed by atoms with van der Waals surface area (Å²) < 4.78 is 17.4. The van der Waals surface area contributed by atoms with E-state index in [2.05, 4.69) is 61.4 Å². The van der Waals surface area contributed by atoms with Gasteiger partial charge >= 0.3 is 0 Å². The number of rotatable bonds is 5. The lowest BCUT2D eigenvalue weighted by molar-refractivity contribution is 0.102. The van der Waals surface area contributed by atoms with Gasteiger partial charge in [0, 0.05) is 37.8 Å². The maximum Gasteiger partial charge on any atom is 0.259 e. The van der Waals surface area contributed by atoms with E-state index in [1.54, 1.807) is 28.9 Å². The van der Waals surface area contributed by atoms with Gasteiger partial charge in [0.2, 0.25) is 5.82 Å². The Morgan fingerprint density at radius 3 is 2.57 bits per heavy atom. The van der Waals surface area contributed by atoms with Crippen LogP contribution in [0, 0.1) is 5.82 Å². The molecule has 5 rings (SSSR count). The molecule has 12 heteroatoms. The number of amides is 1. The van der Waals surface area contributed by atoms with Crippen molar-refractivity contribution in [2.24, 2.45) is 0 Å². The summed E-state index contributed by atoms with van der Waals surface area (Å²) in [5.41, 5.74) is 1.13. The summed E-state index contributed by atoms with van der Waals surface area (Å²) in [6.07, 6.45) is 0. The number of carbonyl (C=O) groups excluding carboxylic acids is 1. The van der Waals surface area contributed by atoms with E-state index < -0.39 is 11.7 Å². The topological polar surface area (TPSA) is 105 Å². The van der Waals surface area contributed by atoms with Crippen LogP contribution in [0.1, 0.15) is 51.0 Å². The largest absolute Gasteiger partial charge is 0.345 e. The van der Waals surface area contributed by atoms with Crippen molar-refractivity contribution in [1.29, 1.82) is 0 Å². The molecule has 10 nitrogen and oxygen atoms in total. The van der Waals surface area contributed by atoms with Crippen molar-refractivity contribution in [3.63, 3.8) is 0 Å². The highest BCUT2D eigenvalue weighted by Gasteiger charge is 2.27. The molecule has 0 spiro atoms. The predicted molar refractivity (Wildman–Crippen MR) is 143 cm³/mol. The number of nitrogens with zero attached hydrogens (tertiary/aromatic N) is 8. The molecule has 1 amide bonds. The summed E-state index contributed by atoms with van der Waals surface area (Å²) in [5.74, 6) is -0.443. The lowest BCUT2D eigenvalue weighted by atomic mass is 10.1. The van der Waals surface area contributed by atoms with Crippen LogP contribution in [0.5, 0.6) is 0 Å². The van der Waals surface area contributed by atoms with Crippen LogP contribution in [-0.4, -0.2) is 72.7 Å². The third kappa shape index (κ3) is 5.16. The number of aromatic nitrogens is 6. The molecule has 194 valence electrons. The van der Waals surface area contributed by atoms with Crippen molar-refractivity contribution in [2.45, 2.75) is 46.2 Å². The second kappa shape index (κ2) is 9.75. The number of carbonyl (C=O) groups is 1. The fourth-order valence-corrected chi connectivity index (χ4v) is 5.37. The highest BCUT2D eigenvalue weighted by molar-refractivity contribution is 7.22. The average molecular weight is 524 g/mol. The molecule has 1 N–H and O–H groups in total. The van der Waals surface area contributed by atoms with E-state index in [1.807, 2.05) is 13.8 Å². The fraction of sp³-hybridized carbons (Fsp3) is 0.440. The molecule has 1 saturated heterocycles. The first-order chi connectivity index (χ1) is 17.6. The summed E-state index contributed by atoms with van der Waals surface area (Å²) in [6, 6.07) is 8.08. The molecule has 0 unspecified atom stereocenters. The van der Waals surface area contributed by atoms with Crippen molar-refractivity contribution in [3.8, 4) is 11.5 Å². The van der Waals surface area contributed by atoms with Gasteiger partial charge in [-0.15, -0.1) is 5.10 Å². The third-order valence-electron chi connectivity index (χ3n) is 6.41. The van der Waals surface area contributed by atoms with Crippen LogP contribution >= 0.6 is 11.3 Å². The molecule has 37 heavy (non-hydrogen) atoms. The van der Waals surface area contributed by atoms with Gasteiger partial charge in [0.05, 0.1) is 21.8 Å². The number of hydrogen-bond acceptors (Lipinski definition) is 9. The summed E-state index contributed by atoms with van der Waals surface area (Å²) in [7, 11) is 0. The van der Waals surface area contributed by atoms with Crippen LogP contribution in [0.3, 0.4) is 0 Å². The fourth-order valence-electron chi connectivity index (χ4n) is 4.34. The maximum absolute atomic E-state index is 15.0. The number of tetrazole rings is 1. The van der Waals surface area contributed by atoms with Crippen LogP contribution in [0.2, 0.25) is 0 Å². The first kappa shape index (κ1) is 25.2. The minimum Gasteiger partial charge on any atom is -0.345 e. The molecule has 0 bridgehead atoms. The summed E-state index contributed by atoms with van der Waals surface area (Å²) in [5, 5.41) is 15.3. The van der Waals surface area contributed by atoms with E-state index in [4.69, 9.17) is 0 Å². The molecule has 1 fully saturated rings. The number of piperazine rings is 1. The predicted octanol–water partition coefficient (Wildman–Crippen LogP) is 4.24. The Bertz CT molecular complexity index is 1430. The standard InChI is InChI=1S/C25H30FN9OS/c1-15(2)35-22(30-31-32-35)18-7-6-8-21(27-18)29-23(36)16-13-20-19(14-17(16)26)28-24(37-20)33-9-11-34(12-10-33)25(3,4)5/h6-8,13-15H,9-12H2,1-5H3,(H,27,29,36). The Morgan fingerprint density at radius 1 is 1.11 bits per heavy atom. The minimum atomic E-state index is -0.626. The number of thiazole rings is 1. The molecule has 0 saturated carbocycles. The van der Waals surface area contributed by atoms with Gasteiger partial charge < -0.3 is 10.2 Å². The van der Waals surface area contributed by atoms with Crippen LogP contribution in [0.4, 0.5) is 15.3 Å². The Balaban J connectivity index is 1.34. The monoisotopic (exact) mass is 523 g/mol. The minimum absolute atomic E-state index is 0.0394. The normalized spacial score (nSPS) is 15.1. The number of halogens is 1. The van der Waals surface area contributed by atoms with Gasteiger partial charge in [0.15, 0.2) is 5.13 Å². The zero-order chi connectivity index (χ0) is 26.3.